The third-order valence-corrected chi connectivity index (χ3v) is 2.07. The summed E-state index contributed by atoms with van der Waals surface area (Å²) in [5.74, 6) is -1.60. The molecular formula is C5H10FO5P. The van der Waals surface area contributed by atoms with Gasteiger partial charge in [0, 0.05) is 6.16 Å². The van der Waals surface area contributed by atoms with Crippen LogP contribution in [0.2, 0.25) is 0 Å². The third kappa shape index (κ3) is 6.27. The van der Waals surface area contributed by atoms with Crippen molar-refractivity contribution in [3.8, 4) is 0 Å². The summed E-state index contributed by atoms with van der Waals surface area (Å²) in [5, 5.41) is 8.04. The highest BCUT2D eigenvalue weighted by atomic mass is 31.2. The van der Waals surface area contributed by atoms with E-state index in [1.165, 1.54) is 0 Å². The van der Waals surface area contributed by atoms with Crippen molar-refractivity contribution in [1.29, 1.82) is 0 Å². The van der Waals surface area contributed by atoms with Crippen molar-refractivity contribution in [2.45, 2.75) is 19.0 Å². The van der Waals surface area contributed by atoms with Crippen molar-refractivity contribution >= 4 is 13.6 Å². The first-order valence-electron chi connectivity index (χ1n) is 3.24. The van der Waals surface area contributed by atoms with Gasteiger partial charge < -0.3 is 14.9 Å². The van der Waals surface area contributed by atoms with E-state index in [1.54, 1.807) is 0 Å². The Morgan fingerprint density at radius 1 is 1.50 bits per heavy atom. The molecule has 1 atom stereocenters. The van der Waals surface area contributed by atoms with Gasteiger partial charge in [-0.1, -0.05) is 0 Å². The molecule has 0 radical (unpaired) electrons. The van der Waals surface area contributed by atoms with Crippen LogP contribution < -0.4 is 0 Å². The Morgan fingerprint density at radius 2 is 2.00 bits per heavy atom. The number of hydrogen-bond donors (Lipinski definition) is 3. The Bertz CT molecular complexity index is 200. The molecule has 0 rings (SSSR count). The zero-order valence-corrected chi connectivity index (χ0v) is 7.08. The first kappa shape index (κ1) is 11.6. The first-order valence-corrected chi connectivity index (χ1v) is 5.04. The molecule has 0 heterocycles. The average Bonchev–Trinajstić information content (AvgIpc) is 1.84. The summed E-state index contributed by atoms with van der Waals surface area (Å²) >= 11 is 0. The minimum atomic E-state index is -4.11. The second-order valence-electron chi connectivity index (χ2n) is 2.34. The van der Waals surface area contributed by atoms with Gasteiger partial charge in [0.15, 0.2) is 6.17 Å². The number of alkyl halides is 1. The van der Waals surface area contributed by atoms with Gasteiger partial charge in [0.2, 0.25) is 0 Å². The van der Waals surface area contributed by atoms with Gasteiger partial charge in [-0.3, -0.25) is 4.57 Å². The monoisotopic (exact) mass is 200 g/mol. The van der Waals surface area contributed by atoms with E-state index in [2.05, 4.69) is 0 Å². The minimum absolute atomic E-state index is 0.127. The fraction of sp³-hybridized carbons (Fsp3) is 0.800. The van der Waals surface area contributed by atoms with Gasteiger partial charge in [0.1, 0.15) is 0 Å². The fourth-order valence-electron chi connectivity index (χ4n) is 0.600. The number of aliphatic carboxylic acids is 1. The summed E-state index contributed by atoms with van der Waals surface area (Å²) in [5.41, 5.74) is 0. The quantitative estimate of drug-likeness (QED) is 0.557. The molecule has 12 heavy (non-hydrogen) atoms. The zero-order valence-electron chi connectivity index (χ0n) is 6.18. The summed E-state index contributed by atoms with van der Waals surface area (Å²) in [4.78, 5) is 26.5. The Labute approximate surface area is 68.4 Å². The largest absolute Gasteiger partial charge is 0.479 e. The summed E-state index contributed by atoms with van der Waals surface area (Å²) in [6, 6.07) is 0. The third-order valence-electron chi connectivity index (χ3n) is 1.17. The van der Waals surface area contributed by atoms with Crippen molar-refractivity contribution < 1.29 is 28.6 Å². The molecule has 0 aliphatic carbocycles. The molecule has 7 heteroatoms. The van der Waals surface area contributed by atoms with Crippen LogP contribution >= 0.6 is 7.60 Å². The predicted octanol–water partition coefficient (Wildman–Crippen LogP) is 0.367. The van der Waals surface area contributed by atoms with Crippen molar-refractivity contribution in [3.05, 3.63) is 0 Å². The number of carboxylic acid groups (broad SMARTS) is 1. The Hall–Kier alpha value is -0.450. The molecule has 5 nitrogen and oxygen atoms in total. The van der Waals surface area contributed by atoms with Crippen molar-refractivity contribution in [2.24, 2.45) is 0 Å². The Balaban J connectivity index is 3.58. The standard InChI is InChI=1S/C5H10FO5P/c6-4(5(7)8)2-1-3-12(9,10)11/h4H,1-3H2,(H,7,8)(H2,9,10,11)/t4-/m1/s1. The van der Waals surface area contributed by atoms with E-state index >= 15 is 0 Å². The maximum atomic E-state index is 12.2. The van der Waals surface area contributed by atoms with Crippen molar-refractivity contribution in [3.63, 3.8) is 0 Å². The van der Waals surface area contributed by atoms with Gasteiger partial charge >= 0.3 is 13.6 Å². The van der Waals surface area contributed by atoms with Crippen LogP contribution in [0.15, 0.2) is 0 Å². The van der Waals surface area contributed by atoms with Gasteiger partial charge in [-0.2, -0.15) is 0 Å². The molecule has 0 aromatic heterocycles. The molecule has 0 aromatic carbocycles. The average molecular weight is 200 g/mol. The molecule has 0 amide bonds. The molecule has 0 saturated carbocycles. The number of hydrogen-bond acceptors (Lipinski definition) is 2. The first-order chi connectivity index (χ1) is 5.33. The molecule has 0 fully saturated rings. The summed E-state index contributed by atoms with van der Waals surface area (Å²) in [6.45, 7) is 0. The summed E-state index contributed by atoms with van der Waals surface area (Å²) in [6.07, 6.45) is -2.99. The van der Waals surface area contributed by atoms with Crippen LogP contribution in [0.4, 0.5) is 4.39 Å². The highest BCUT2D eigenvalue weighted by Crippen LogP contribution is 2.35. The van der Waals surface area contributed by atoms with Crippen molar-refractivity contribution in [2.75, 3.05) is 6.16 Å². The van der Waals surface area contributed by atoms with E-state index in [-0.39, 0.29) is 12.8 Å². The lowest BCUT2D eigenvalue weighted by atomic mass is 10.2. The number of carbonyl (C=O) groups is 1. The maximum absolute atomic E-state index is 12.2. The van der Waals surface area contributed by atoms with E-state index in [9.17, 15) is 13.8 Å². The van der Waals surface area contributed by atoms with E-state index in [0.29, 0.717) is 0 Å². The topological polar surface area (TPSA) is 94.8 Å². The highest BCUT2D eigenvalue weighted by molar-refractivity contribution is 7.51. The van der Waals surface area contributed by atoms with Crippen LogP contribution in [0, 0.1) is 0 Å². The Morgan fingerprint density at radius 3 is 2.33 bits per heavy atom. The minimum Gasteiger partial charge on any atom is -0.479 e. The zero-order chi connectivity index (χ0) is 9.78. The molecule has 0 spiro atoms. The SMILES string of the molecule is O=C(O)[C@H](F)CCCP(=O)(O)O. The molecule has 0 aromatic rings. The highest BCUT2D eigenvalue weighted by Gasteiger charge is 2.18. The normalized spacial score (nSPS) is 14.2. The van der Waals surface area contributed by atoms with Gasteiger partial charge in [0.05, 0.1) is 0 Å². The van der Waals surface area contributed by atoms with Crippen LogP contribution in [0.25, 0.3) is 0 Å². The van der Waals surface area contributed by atoms with E-state index < -0.39 is 25.9 Å². The van der Waals surface area contributed by atoms with E-state index in [0.717, 1.165) is 0 Å². The van der Waals surface area contributed by atoms with Gasteiger partial charge in [0.25, 0.3) is 0 Å². The van der Waals surface area contributed by atoms with Gasteiger partial charge in [-0.25, -0.2) is 9.18 Å². The molecule has 0 bridgehead atoms. The summed E-state index contributed by atoms with van der Waals surface area (Å²) in [7, 11) is -4.11. The predicted molar refractivity (Wildman–Crippen MR) is 38.7 cm³/mol. The molecular weight excluding hydrogens is 190 g/mol. The lowest BCUT2D eigenvalue weighted by molar-refractivity contribution is -0.143. The summed E-state index contributed by atoms with van der Waals surface area (Å²) < 4.78 is 22.5. The number of halogens is 1. The van der Waals surface area contributed by atoms with Crippen molar-refractivity contribution in [1.82, 2.24) is 0 Å². The fourth-order valence-corrected chi connectivity index (χ4v) is 1.19. The lowest BCUT2D eigenvalue weighted by Crippen LogP contribution is -2.14. The smallest absolute Gasteiger partial charge is 0.338 e. The van der Waals surface area contributed by atoms with E-state index in [1.807, 2.05) is 0 Å². The molecule has 3 N–H and O–H groups in total. The number of rotatable bonds is 5. The Kier molecular flexibility index (Phi) is 4.37. The second-order valence-corrected chi connectivity index (χ2v) is 4.11. The van der Waals surface area contributed by atoms with Gasteiger partial charge in [-0.15, -0.1) is 0 Å². The molecule has 0 aliphatic heterocycles. The second kappa shape index (κ2) is 4.54. The van der Waals surface area contributed by atoms with E-state index in [4.69, 9.17) is 14.9 Å². The van der Waals surface area contributed by atoms with Gasteiger partial charge in [-0.05, 0) is 12.8 Å². The lowest BCUT2D eigenvalue weighted by Gasteiger charge is -2.03. The van der Waals surface area contributed by atoms with Crippen LogP contribution in [0.1, 0.15) is 12.8 Å². The van der Waals surface area contributed by atoms with Crippen LogP contribution in [0.3, 0.4) is 0 Å². The van der Waals surface area contributed by atoms with Crippen LogP contribution in [0.5, 0.6) is 0 Å². The molecule has 72 valence electrons. The molecule has 0 saturated heterocycles. The maximum Gasteiger partial charge on any atom is 0.338 e. The molecule has 0 unspecified atom stereocenters. The number of carboxylic acids is 1. The van der Waals surface area contributed by atoms with Crippen LogP contribution in [-0.4, -0.2) is 33.2 Å². The molecule has 0 aliphatic rings. The van der Waals surface area contributed by atoms with Crippen LogP contribution in [-0.2, 0) is 9.36 Å².